The lowest BCUT2D eigenvalue weighted by Crippen LogP contribution is -2.43. The zero-order valence-corrected chi connectivity index (χ0v) is 20.7. The number of aromatic nitrogens is 5. The average Bonchev–Trinajstić information content (AvgIpc) is 3.35. The highest BCUT2D eigenvalue weighted by atomic mass is 35.5. The maximum atomic E-state index is 13.2. The molecule has 0 radical (unpaired) electrons. The first-order chi connectivity index (χ1) is 16.3. The fourth-order valence-corrected chi connectivity index (χ4v) is 6.08. The van der Waals surface area contributed by atoms with Crippen molar-refractivity contribution < 1.29 is 9.00 Å². The van der Waals surface area contributed by atoms with Crippen molar-refractivity contribution in [1.82, 2.24) is 30.1 Å². The van der Waals surface area contributed by atoms with Gasteiger partial charge in [-0.1, -0.05) is 23.2 Å². The summed E-state index contributed by atoms with van der Waals surface area (Å²) >= 11 is 12.9. The van der Waals surface area contributed by atoms with Crippen LogP contribution in [0.3, 0.4) is 0 Å². The highest BCUT2D eigenvalue weighted by Crippen LogP contribution is 2.41. The van der Waals surface area contributed by atoms with Gasteiger partial charge in [0.15, 0.2) is 11.5 Å². The van der Waals surface area contributed by atoms with E-state index in [9.17, 15) is 9.00 Å². The van der Waals surface area contributed by atoms with Gasteiger partial charge in [-0.3, -0.25) is 14.1 Å². The van der Waals surface area contributed by atoms with Crippen molar-refractivity contribution in [3.05, 3.63) is 45.8 Å². The maximum absolute atomic E-state index is 13.2. The molecule has 10 nitrogen and oxygen atoms in total. The van der Waals surface area contributed by atoms with Crippen molar-refractivity contribution in [2.24, 2.45) is 0 Å². The molecule has 4 heterocycles. The molecular weight excluding hydrogens is 499 g/mol. The van der Waals surface area contributed by atoms with Gasteiger partial charge in [-0.05, 0) is 26.0 Å². The number of fused-ring (bicyclic) bond motifs is 2. The lowest BCUT2D eigenvalue weighted by molar-refractivity contribution is 0.0942. The molecule has 5 rings (SSSR count). The fourth-order valence-electron chi connectivity index (χ4n) is 4.34. The molecule has 4 aromatic rings. The molecule has 178 valence electrons. The van der Waals surface area contributed by atoms with Crippen LogP contribution in [0.5, 0.6) is 0 Å². The second kappa shape index (κ2) is 8.71. The molecule has 1 amide bonds. The topological polar surface area (TPSA) is 134 Å². The number of hydrogen-bond acceptors (Lipinski definition) is 7. The first kappa shape index (κ1) is 22.9. The number of carbonyl (C=O) groups is 1. The SMILES string of the molecule is CC(NC(=O)c1c(N)nn2cccnc12)c1cc(Cl)c2c(Cl)[nH]nc2c1N1CCS(=O)C(C)C1. The lowest BCUT2D eigenvalue weighted by Gasteiger charge is -2.35. The molecule has 0 bridgehead atoms. The van der Waals surface area contributed by atoms with Gasteiger partial charge < -0.3 is 16.0 Å². The molecule has 0 spiro atoms. The predicted molar refractivity (Wildman–Crippen MR) is 134 cm³/mol. The van der Waals surface area contributed by atoms with Crippen LogP contribution in [0, 0.1) is 0 Å². The summed E-state index contributed by atoms with van der Waals surface area (Å²) in [6.07, 6.45) is 3.25. The van der Waals surface area contributed by atoms with Crippen LogP contribution in [0.25, 0.3) is 16.6 Å². The Morgan fingerprint density at radius 1 is 1.41 bits per heavy atom. The van der Waals surface area contributed by atoms with Crippen LogP contribution < -0.4 is 16.0 Å². The number of H-pyrrole nitrogens is 1. The summed E-state index contributed by atoms with van der Waals surface area (Å²) in [6.45, 7) is 4.97. The minimum absolute atomic E-state index is 0.0173. The Balaban J connectivity index is 1.56. The molecule has 3 aromatic heterocycles. The first-order valence-corrected chi connectivity index (χ1v) is 12.8. The van der Waals surface area contributed by atoms with Crippen LogP contribution in [0.1, 0.15) is 35.8 Å². The van der Waals surface area contributed by atoms with Crippen molar-refractivity contribution in [3.63, 3.8) is 0 Å². The summed E-state index contributed by atoms with van der Waals surface area (Å²) in [7, 11) is -0.897. The first-order valence-electron chi connectivity index (χ1n) is 10.6. The van der Waals surface area contributed by atoms with E-state index in [1.54, 1.807) is 24.5 Å². The van der Waals surface area contributed by atoms with E-state index in [2.05, 4.69) is 30.5 Å². The van der Waals surface area contributed by atoms with Crippen molar-refractivity contribution in [2.45, 2.75) is 25.1 Å². The van der Waals surface area contributed by atoms with E-state index < -0.39 is 22.7 Å². The Morgan fingerprint density at radius 3 is 2.97 bits per heavy atom. The third-order valence-electron chi connectivity index (χ3n) is 6.01. The van der Waals surface area contributed by atoms with Gasteiger partial charge in [0.1, 0.15) is 16.2 Å². The molecule has 3 atom stereocenters. The zero-order chi connectivity index (χ0) is 24.1. The molecule has 1 saturated heterocycles. The lowest BCUT2D eigenvalue weighted by atomic mass is 10.0. The summed E-state index contributed by atoms with van der Waals surface area (Å²) in [5.41, 5.74) is 8.75. The number of nitrogens with two attached hydrogens (primary N) is 1. The number of benzene rings is 1. The number of rotatable bonds is 4. The van der Waals surface area contributed by atoms with E-state index in [1.165, 1.54) is 4.52 Å². The van der Waals surface area contributed by atoms with Crippen molar-refractivity contribution >= 4 is 68.0 Å². The Hall–Kier alpha value is -2.89. The maximum Gasteiger partial charge on any atom is 0.259 e. The van der Waals surface area contributed by atoms with E-state index in [4.69, 9.17) is 28.9 Å². The quantitative estimate of drug-likeness (QED) is 0.376. The van der Waals surface area contributed by atoms with E-state index in [1.807, 2.05) is 13.8 Å². The summed E-state index contributed by atoms with van der Waals surface area (Å²) in [5, 5.41) is 15.7. The molecule has 1 aromatic carbocycles. The van der Waals surface area contributed by atoms with Crippen molar-refractivity contribution in [2.75, 3.05) is 29.5 Å². The zero-order valence-electron chi connectivity index (χ0n) is 18.4. The van der Waals surface area contributed by atoms with Gasteiger partial charge in [0, 0.05) is 52.8 Å². The Morgan fingerprint density at radius 2 is 2.21 bits per heavy atom. The van der Waals surface area contributed by atoms with E-state index in [-0.39, 0.29) is 16.6 Å². The molecule has 13 heteroatoms. The second-order valence-electron chi connectivity index (χ2n) is 8.24. The third-order valence-corrected chi connectivity index (χ3v) is 8.21. The van der Waals surface area contributed by atoms with E-state index in [0.717, 1.165) is 11.3 Å². The van der Waals surface area contributed by atoms with Crippen LogP contribution in [-0.2, 0) is 10.8 Å². The monoisotopic (exact) mass is 520 g/mol. The normalized spacial score (nSPS) is 19.6. The molecule has 34 heavy (non-hydrogen) atoms. The fraction of sp³-hybridized carbons (Fsp3) is 0.333. The number of nitrogens with one attached hydrogen (secondary N) is 2. The molecule has 1 fully saturated rings. The van der Waals surface area contributed by atoms with E-state index in [0.29, 0.717) is 45.6 Å². The molecule has 0 aliphatic carbocycles. The van der Waals surface area contributed by atoms with Crippen molar-refractivity contribution in [3.8, 4) is 0 Å². The summed E-state index contributed by atoms with van der Waals surface area (Å²) in [4.78, 5) is 19.6. The van der Waals surface area contributed by atoms with Gasteiger partial charge in [-0.25, -0.2) is 9.50 Å². The Kier molecular flexibility index (Phi) is 5.86. The van der Waals surface area contributed by atoms with Gasteiger partial charge in [0.2, 0.25) is 0 Å². The van der Waals surface area contributed by atoms with Crippen molar-refractivity contribution in [1.29, 1.82) is 0 Å². The molecule has 3 unspecified atom stereocenters. The Labute approximate surface area is 207 Å². The molecule has 1 aliphatic heterocycles. The van der Waals surface area contributed by atoms with E-state index >= 15 is 0 Å². The number of nitrogens with zero attached hydrogens (tertiary/aromatic N) is 5. The van der Waals surface area contributed by atoms with Gasteiger partial charge in [0.25, 0.3) is 5.91 Å². The Bertz CT molecular complexity index is 1450. The molecular formula is C21H22Cl2N8O2S. The minimum Gasteiger partial charge on any atom is -0.381 e. The number of anilines is 2. The summed E-state index contributed by atoms with van der Waals surface area (Å²) in [6, 6.07) is 3.02. The standard InChI is InChI=1S/C21H22Cl2N8O2S/c1-10-9-30(6-7-34(10)33)17-12(8-13(22)14-16(17)27-28-18(14)23)11(2)26-21(32)15-19(24)29-31-5-3-4-25-20(15)31/h3-5,8,10-11H,6-7,9H2,1-2H3,(H2,24,29)(H,26,32)(H,27,28). The number of nitrogen functional groups attached to an aromatic ring is 1. The number of halogens is 2. The number of hydrogen-bond donors (Lipinski definition) is 3. The van der Waals surface area contributed by atoms with Crippen LogP contribution >= 0.6 is 23.2 Å². The number of amides is 1. The number of carbonyl (C=O) groups excluding carboxylic acids is 1. The van der Waals surface area contributed by atoms with Crippen LogP contribution in [0.4, 0.5) is 11.5 Å². The summed E-state index contributed by atoms with van der Waals surface area (Å²) in [5.74, 6) is 0.214. The highest BCUT2D eigenvalue weighted by Gasteiger charge is 2.30. The largest absolute Gasteiger partial charge is 0.381 e. The minimum atomic E-state index is -0.897. The highest BCUT2D eigenvalue weighted by molar-refractivity contribution is 7.85. The smallest absolute Gasteiger partial charge is 0.259 e. The molecule has 4 N–H and O–H groups in total. The van der Waals surface area contributed by atoms with Gasteiger partial charge in [-0.2, -0.15) is 5.10 Å². The van der Waals surface area contributed by atoms with Crippen LogP contribution in [0.15, 0.2) is 24.5 Å². The molecule has 0 saturated carbocycles. The van der Waals surface area contributed by atoms with Gasteiger partial charge >= 0.3 is 0 Å². The molecule has 1 aliphatic rings. The van der Waals surface area contributed by atoms with Crippen LogP contribution in [0.2, 0.25) is 10.2 Å². The van der Waals surface area contributed by atoms with Gasteiger partial charge in [0.05, 0.1) is 22.1 Å². The average molecular weight is 521 g/mol. The van der Waals surface area contributed by atoms with Crippen LogP contribution in [-0.4, -0.2) is 59.0 Å². The number of aromatic amines is 1. The van der Waals surface area contributed by atoms with Gasteiger partial charge in [-0.15, -0.1) is 5.10 Å². The third kappa shape index (κ3) is 3.77. The summed E-state index contributed by atoms with van der Waals surface area (Å²) < 4.78 is 13.7. The predicted octanol–water partition coefficient (Wildman–Crippen LogP) is 2.94. The second-order valence-corrected chi connectivity index (χ2v) is 11.0.